The number of ether oxygens (including phenoxy) is 1. The molecule has 1 aliphatic rings. The first-order valence-electron chi connectivity index (χ1n) is 7.71. The van der Waals surface area contributed by atoms with Gasteiger partial charge in [0, 0.05) is 12.6 Å². The average Bonchev–Trinajstić information content (AvgIpc) is 3.03. The molecule has 2 rings (SSSR count). The topological polar surface area (TPSA) is 46.6 Å². The summed E-state index contributed by atoms with van der Waals surface area (Å²) in [6.45, 7) is 0.386. The minimum atomic E-state index is -0.311. The Morgan fingerprint density at radius 1 is 1.23 bits per heavy atom. The second kappa shape index (κ2) is 7.92. The van der Waals surface area contributed by atoms with Crippen molar-refractivity contribution < 1.29 is 18.7 Å². The van der Waals surface area contributed by atoms with Crippen molar-refractivity contribution >= 4 is 11.9 Å². The number of rotatable bonds is 6. The first kappa shape index (κ1) is 16.5. The molecule has 22 heavy (non-hydrogen) atoms. The molecule has 5 heteroatoms. The van der Waals surface area contributed by atoms with Crippen LogP contribution in [0.1, 0.15) is 37.7 Å². The van der Waals surface area contributed by atoms with Crippen LogP contribution in [-0.2, 0) is 20.7 Å². The lowest BCUT2D eigenvalue weighted by atomic mass is 10.1. The predicted octanol–water partition coefficient (Wildman–Crippen LogP) is 2.70. The van der Waals surface area contributed by atoms with Crippen LogP contribution in [0, 0.1) is 5.82 Å². The van der Waals surface area contributed by atoms with Crippen LogP contribution in [-0.4, -0.2) is 36.5 Å². The lowest BCUT2D eigenvalue weighted by Crippen LogP contribution is -2.41. The Balaban J connectivity index is 2.00. The molecule has 1 amide bonds. The van der Waals surface area contributed by atoms with E-state index in [-0.39, 0.29) is 36.6 Å². The number of carbonyl (C=O) groups is 2. The summed E-state index contributed by atoms with van der Waals surface area (Å²) in [4.78, 5) is 25.7. The van der Waals surface area contributed by atoms with Crippen molar-refractivity contribution in [2.45, 2.75) is 44.6 Å². The molecule has 0 bridgehead atoms. The number of hydrogen-bond donors (Lipinski definition) is 0. The average molecular weight is 307 g/mol. The fourth-order valence-electron chi connectivity index (χ4n) is 2.92. The summed E-state index contributed by atoms with van der Waals surface area (Å²) in [7, 11) is 1.35. The van der Waals surface area contributed by atoms with Gasteiger partial charge in [-0.1, -0.05) is 25.0 Å². The second-order valence-corrected chi connectivity index (χ2v) is 5.65. The number of halogens is 1. The summed E-state index contributed by atoms with van der Waals surface area (Å²) < 4.78 is 17.6. The minimum Gasteiger partial charge on any atom is -0.469 e. The SMILES string of the molecule is COC(=O)CCN(C(=O)Cc1ccc(F)cc1)C1CCCC1. The van der Waals surface area contributed by atoms with Crippen LogP contribution in [0.5, 0.6) is 0 Å². The van der Waals surface area contributed by atoms with Gasteiger partial charge in [0.2, 0.25) is 5.91 Å². The normalized spacial score (nSPS) is 14.8. The van der Waals surface area contributed by atoms with Crippen LogP contribution < -0.4 is 0 Å². The van der Waals surface area contributed by atoms with Crippen molar-refractivity contribution in [2.24, 2.45) is 0 Å². The van der Waals surface area contributed by atoms with E-state index < -0.39 is 0 Å². The standard InChI is InChI=1S/C17H22FNO3/c1-22-17(21)10-11-19(15-4-2-3-5-15)16(20)12-13-6-8-14(18)9-7-13/h6-9,15H,2-5,10-12H2,1H3. The zero-order valence-corrected chi connectivity index (χ0v) is 12.9. The number of carbonyl (C=O) groups excluding carboxylic acids is 2. The molecule has 1 fully saturated rings. The van der Waals surface area contributed by atoms with E-state index in [4.69, 9.17) is 0 Å². The number of hydrogen-bond acceptors (Lipinski definition) is 3. The van der Waals surface area contributed by atoms with Gasteiger partial charge in [-0.25, -0.2) is 4.39 Å². The highest BCUT2D eigenvalue weighted by molar-refractivity contribution is 5.80. The fraction of sp³-hybridized carbons (Fsp3) is 0.529. The van der Waals surface area contributed by atoms with Crippen LogP contribution >= 0.6 is 0 Å². The van der Waals surface area contributed by atoms with Crippen molar-refractivity contribution in [3.05, 3.63) is 35.6 Å². The summed E-state index contributed by atoms with van der Waals surface area (Å²) in [5, 5.41) is 0. The Morgan fingerprint density at radius 2 is 1.86 bits per heavy atom. The third kappa shape index (κ3) is 4.55. The highest BCUT2D eigenvalue weighted by Gasteiger charge is 2.27. The molecule has 1 aliphatic carbocycles. The van der Waals surface area contributed by atoms with Gasteiger partial charge in [-0.15, -0.1) is 0 Å². The van der Waals surface area contributed by atoms with E-state index in [0.717, 1.165) is 31.2 Å². The maximum absolute atomic E-state index is 12.9. The molecule has 4 nitrogen and oxygen atoms in total. The fourth-order valence-corrected chi connectivity index (χ4v) is 2.92. The zero-order chi connectivity index (χ0) is 15.9. The lowest BCUT2D eigenvalue weighted by molar-refractivity contribution is -0.142. The van der Waals surface area contributed by atoms with E-state index in [1.165, 1.54) is 19.2 Å². The van der Waals surface area contributed by atoms with Gasteiger partial charge in [0.15, 0.2) is 0 Å². The van der Waals surface area contributed by atoms with Crippen LogP contribution in [0.3, 0.4) is 0 Å². The summed E-state index contributed by atoms with van der Waals surface area (Å²) in [6, 6.07) is 6.17. The maximum atomic E-state index is 12.9. The van der Waals surface area contributed by atoms with Gasteiger partial charge in [-0.2, -0.15) is 0 Å². The smallest absolute Gasteiger partial charge is 0.307 e. The van der Waals surface area contributed by atoms with Gasteiger partial charge < -0.3 is 9.64 Å². The highest BCUT2D eigenvalue weighted by Crippen LogP contribution is 2.24. The number of esters is 1. The lowest BCUT2D eigenvalue weighted by Gasteiger charge is -2.29. The van der Waals surface area contributed by atoms with Crippen LogP contribution in [0.25, 0.3) is 0 Å². The van der Waals surface area contributed by atoms with Crippen molar-refractivity contribution in [2.75, 3.05) is 13.7 Å². The molecule has 1 aromatic carbocycles. The minimum absolute atomic E-state index is 0.0117. The van der Waals surface area contributed by atoms with E-state index >= 15 is 0 Å². The molecule has 0 N–H and O–H groups in total. The molecule has 0 saturated heterocycles. The zero-order valence-electron chi connectivity index (χ0n) is 12.9. The van der Waals surface area contributed by atoms with Crippen LogP contribution in [0.4, 0.5) is 4.39 Å². The predicted molar refractivity (Wildman–Crippen MR) is 80.7 cm³/mol. The summed E-state index contributed by atoms with van der Waals surface area (Å²) in [6.07, 6.45) is 4.64. The van der Waals surface area contributed by atoms with Crippen molar-refractivity contribution in [3.63, 3.8) is 0 Å². The molecule has 0 unspecified atom stereocenters. The summed E-state index contributed by atoms with van der Waals surface area (Å²) >= 11 is 0. The molecule has 0 radical (unpaired) electrons. The van der Waals surface area contributed by atoms with Gasteiger partial charge in [0.05, 0.1) is 20.0 Å². The molecular weight excluding hydrogens is 285 g/mol. The molecule has 0 heterocycles. The maximum Gasteiger partial charge on any atom is 0.307 e. The van der Waals surface area contributed by atoms with E-state index in [1.54, 1.807) is 17.0 Å². The van der Waals surface area contributed by atoms with Crippen molar-refractivity contribution in [1.82, 2.24) is 4.90 Å². The van der Waals surface area contributed by atoms with Gasteiger partial charge in [0.1, 0.15) is 5.82 Å². The first-order chi connectivity index (χ1) is 10.6. The summed E-state index contributed by atoms with van der Waals surface area (Å²) in [5.41, 5.74) is 0.785. The first-order valence-corrected chi connectivity index (χ1v) is 7.71. The van der Waals surface area contributed by atoms with Gasteiger partial charge in [-0.3, -0.25) is 9.59 Å². The van der Waals surface area contributed by atoms with Gasteiger partial charge in [0.25, 0.3) is 0 Å². The van der Waals surface area contributed by atoms with E-state index in [0.29, 0.717) is 6.54 Å². The number of benzene rings is 1. The molecule has 1 saturated carbocycles. The Labute approximate surface area is 130 Å². The third-order valence-electron chi connectivity index (χ3n) is 4.14. The quantitative estimate of drug-likeness (QED) is 0.759. The van der Waals surface area contributed by atoms with Crippen molar-refractivity contribution in [1.29, 1.82) is 0 Å². The molecule has 0 aromatic heterocycles. The number of methoxy groups -OCH3 is 1. The highest BCUT2D eigenvalue weighted by atomic mass is 19.1. The Kier molecular flexibility index (Phi) is 5.92. The monoisotopic (exact) mass is 307 g/mol. The molecule has 0 atom stereocenters. The Hall–Kier alpha value is -1.91. The molecular formula is C17H22FNO3. The second-order valence-electron chi connectivity index (χ2n) is 5.65. The van der Waals surface area contributed by atoms with Crippen molar-refractivity contribution in [3.8, 4) is 0 Å². The number of amides is 1. The van der Waals surface area contributed by atoms with E-state index in [1.807, 2.05) is 0 Å². The molecule has 120 valence electrons. The van der Waals surface area contributed by atoms with E-state index in [2.05, 4.69) is 4.74 Å². The van der Waals surface area contributed by atoms with E-state index in [9.17, 15) is 14.0 Å². The molecule has 1 aromatic rings. The summed E-state index contributed by atoms with van der Waals surface area (Å²) in [5.74, 6) is -0.630. The van der Waals surface area contributed by atoms with Gasteiger partial charge >= 0.3 is 5.97 Å². The van der Waals surface area contributed by atoms with Gasteiger partial charge in [-0.05, 0) is 30.5 Å². The number of nitrogens with zero attached hydrogens (tertiary/aromatic N) is 1. The third-order valence-corrected chi connectivity index (χ3v) is 4.14. The van der Waals surface area contributed by atoms with Crippen LogP contribution in [0.2, 0.25) is 0 Å². The Bertz CT molecular complexity index is 509. The Morgan fingerprint density at radius 3 is 2.45 bits per heavy atom. The molecule has 0 aliphatic heterocycles. The van der Waals surface area contributed by atoms with Crippen LogP contribution in [0.15, 0.2) is 24.3 Å². The largest absolute Gasteiger partial charge is 0.469 e. The molecule has 0 spiro atoms.